The molecule has 1 aliphatic heterocycles. The van der Waals surface area contributed by atoms with Crippen molar-refractivity contribution in [2.24, 2.45) is 0 Å². The Morgan fingerprint density at radius 1 is 0.963 bits per heavy atom. The van der Waals surface area contributed by atoms with Crippen molar-refractivity contribution in [1.29, 1.82) is 0 Å². The summed E-state index contributed by atoms with van der Waals surface area (Å²) in [5.41, 5.74) is 0.726. The minimum Gasteiger partial charge on any atom is -0.339 e. The highest BCUT2D eigenvalue weighted by Gasteiger charge is 2.49. The molecule has 6 heteroatoms. The van der Waals surface area contributed by atoms with Gasteiger partial charge in [0.2, 0.25) is 0 Å². The molecule has 0 amide bonds. The third-order valence-electron chi connectivity index (χ3n) is 5.42. The Kier molecular flexibility index (Phi) is 4.95. The second-order valence-corrected chi connectivity index (χ2v) is 10.0. The third-order valence-corrected chi connectivity index (χ3v) is 7.17. The van der Waals surface area contributed by atoms with E-state index in [1.807, 2.05) is 27.7 Å². The highest BCUT2D eigenvalue weighted by molar-refractivity contribution is 7.91. The third kappa shape index (κ3) is 3.66. The van der Waals surface area contributed by atoms with Crippen molar-refractivity contribution >= 4 is 9.84 Å². The van der Waals surface area contributed by atoms with Gasteiger partial charge in [-0.05, 0) is 57.5 Å². The maximum atomic E-state index is 14.4. The molecule has 0 bridgehead atoms. The zero-order valence-electron chi connectivity index (χ0n) is 16.2. The van der Waals surface area contributed by atoms with E-state index in [-0.39, 0.29) is 16.5 Å². The number of halogens is 1. The van der Waals surface area contributed by atoms with Gasteiger partial charge in [-0.3, -0.25) is 0 Å². The average Bonchev–Trinajstić information content (AvgIpc) is 2.83. The van der Waals surface area contributed by atoms with Gasteiger partial charge in [0, 0.05) is 11.1 Å². The van der Waals surface area contributed by atoms with Crippen LogP contribution in [0.15, 0.2) is 47.4 Å². The average molecular weight is 392 g/mol. The number of rotatable bonds is 4. The SMILES string of the molecule is CCS(=O)(=O)c1ccc(-c2cc(C3OC(C)(C)C(C)(C)O3)ccc2F)cc1. The molecule has 0 saturated carbocycles. The lowest BCUT2D eigenvalue weighted by Gasteiger charge is -2.30. The Morgan fingerprint density at radius 2 is 1.52 bits per heavy atom. The first-order valence-electron chi connectivity index (χ1n) is 8.95. The van der Waals surface area contributed by atoms with Crippen LogP contribution in [-0.4, -0.2) is 25.4 Å². The van der Waals surface area contributed by atoms with Crippen LogP contribution < -0.4 is 0 Å². The fourth-order valence-corrected chi connectivity index (χ4v) is 3.78. The summed E-state index contributed by atoms with van der Waals surface area (Å²) in [6.45, 7) is 9.44. The quantitative estimate of drug-likeness (QED) is 0.743. The predicted molar refractivity (Wildman–Crippen MR) is 103 cm³/mol. The van der Waals surface area contributed by atoms with Crippen molar-refractivity contribution in [2.75, 3.05) is 5.75 Å². The molecule has 1 saturated heterocycles. The van der Waals surface area contributed by atoms with Gasteiger partial charge in [-0.25, -0.2) is 12.8 Å². The Bertz CT molecular complexity index is 931. The number of benzene rings is 2. The van der Waals surface area contributed by atoms with E-state index < -0.39 is 27.3 Å². The van der Waals surface area contributed by atoms with Crippen LogP contribution in [-0.2, 0) is 19.3 Å². The van der Waals surface area contributed by atoms with Gasteiger partial charge < -0.3 is 9.47 Å². The van der Waals surface area contributed by atoms with E-state index in [2.05, 4.69) is 0 Å². The van der Waals surface area contributed by atoms with Crippen LogP contribution in [0.1, 0.15) is 46.5 Å². The van der Waals surface area contributed by atoms with E-state index in [4.69, 9.17) is 9.47 Å². The minimum absolute atomic E-state index is 0.0259. The maximum Gasteiger partial charge on any atom is 0.185 e. The number of sulfone groups is 1. The van der Waals surface area contributed by atoms with Crippen LogP contribution in [0.3, 0.4) is 0 Å². The van der Waals surface area contributed by atoms with Gasteiger partial charge in [0.25, 0.3) is 0 Å². The first-order chi connectivity index (χ1) is 12.5. The molecular formula is C21H25FO4S. The molecule has 4 nitrogen and oxygen atoms in total. The van der Waals surface area contributed by atoms with Crippen molar-refractivity contribution in [3.63, 3.8) is 0 Å². The summed E-state index contributed by atoms with van der Waals surface area (Å²) in [6.07, 6.45) is -0.589. The summed E-state index contributed by atoms with van der Waals surface area (Å²) in [5, 5.41) is 0. The molecule has 27 heavy (non-hydrogen) atoms. The lowest BCUT2D eigenvalue weighted by Crippen LogP contribution is -2.41. The van der Waals surface area contributed by atoms with Crippen LogP contribution in [0, 0.1) is 5.82 Å². The van der Waals surface area contributed by atoms with Crippen LogP contribution in [0.4, 0.5) is 4.39 Å². The molecule has 0 spiro atoms. The summed E-state index contributed by atoms with van der Waals surface area (Å²) in [6, 6.07) is 11.0. The summed E-state index contributed by atoms with van der Waals surface area (Å²) in [4.78, 5) is 0.233. The Balaban J connectivity index is 1.95. The monoisotopic (exact) mass is 392 g/mol. The molecule has 1 fully saturated rings. The van der Waals surface area contributed by atoms with Crippen molar-refractivity contribution in [1.82, 2.24) is 0 Å². The largest absolute Gasteiger partial charge is 0.339 e. The Morgan fingerprint density at radius 3 is 2.04 bits per heavy atom. The first-order valence-corrected chi connectivity index (χ1v) is 10.6. The van der Waals surface area contributed by atoms with Gasteiger partial charge in [0.05, 0.1) is 21.9 Å². The van der Waals surface area contributed by atoms with Gasteiger partial charge in [0.15, 0.2) is 16.1 Å². The van der Waals surface area contributed by atoms with Crippen LogP contribution in [0.5, 0.6) is 0 Å². The molecule has 2 aromatic rings. The zero-order valence-corrected chi connectivity index (χ0v) is 17.1. The van der Waals surface area contributed by atoms with Gasteiger partial charge in [-0.2, -0.15) is 0 Å². The molecule has 3 rings (SSSR count). The topological polar surface area (TPSA) is 52.6 Å². The molecule has 0 atom stereocenters. The number of ether oxygens (including phenoxy) is 2. The second kappa shape index (κ2) is 6.69. The lowest BCUT2D eigenvalue weighted by molar-refractivity contribution is -0.0895. The van der Waals surface area contributed by atoms with Gasteiger partial charge in [-0.15, -0.1) is 0 Å². The summed E-state index contributed by atoms with van der Waals surface area (Å²) >= 11 is 0. The minimum atomic E-state index is -3.29. The Labute approximate surface area is 160 Å². The van der Waals surface area contributed by atoms with Crippen molar-refractivity contribution in [2.45, 2.75) is 57.0 Å². The van der Waals surface area contributed by atoms with Crippen molar-refractivity contribution in [3.05, 3.63) is 53.8 Å². The fourth-order valence-electron chi connectivity index (χ4n) is 2.90. The molecule has 0 N–H and O–H groups in total. The fraction of sp³-hybridized carbons (Fsp3) is 0.429. The normalized spacial score (nSPS) is 19.3. The lowest BCUT2D eigenvalue weighted by atomic mass is 9.90. The molecule has 0 radical (unpaired) electrons. The van der Waals surface area contributed by atoms with Crippen molar-refractivity contribution < 1.29 is 22.3 Å². The van der Waals surface area contributed by atoms with E-state index in [0.717, 1.165) is 5.56 Å². The van der Waals surface area contributed by atoms with Crippen LogP contribution in [0.2, 0.25) is 0 Å². The molecular weight excluding hydrogens is 367 g/mol. The molecule has 0 aromatic heterocycles. The molecule has 1 heterocycles. The van der Waals surface area contributed by atoms with Gasteiger partial charge in [0.1, 0.15) is 5.82 Å². The zero-order chi connectivity index (χ0) is 20.0. The standard InChI is InChI=1S/C21H25FO4S/c1-6-27(23,24)16-10-7-14(8-11-16)17-13-15(9-12-18(17)22)19-25-20(2,3)21(4,5)26-19/h7-13,19H,6H2,1-5H3. The van der Waals surface area contributed by atoms with E-state index in [9.17, 15) is 12.8 Å². The van der Waals surface area contributed by atoms with E-state index in [1.165, 1.54) is 18.2 Å². The van der Waals surface area contributed by atoms with Crippen LogP contribution >= 0.6 is 0 Å². The molecule has 0 aliphatic carbocycles. The highest BCUT2D eigenvalue weighted by atomic mass is 32.2. The summed E-state index contributed by atoms with van der Waals surface area (Å²) in [5.74, 6) is -0.362. The molecule has 2 aromatic carbocycles. The van der Waals surface area contributed by atoms with E-state index in [0.29, 0.717) is 11.1 Å². The van der Waals surface area contributed by atoms with Crippen LogP contribution in [0.25, 0.3) is 11.1 Å². The predicted octanol–water partition coefficient (Wildman–Crippen LogP) is 4.89. The molecule has 146 valence electrons. The summed E-state index contributed by atoms with van der Waals surface area (Å²) < 4.78 is 50.4. The van der Waals surface area contributed by atoms with E-state index in [1.54, 1.807) is 31.2 Å². The smallest absolute Gasteiger partial charge is 0.185 e. The van der Waals surface area contributed by atoms with Crippen molar-refractivity contribution in [3.8, 4) is 11.1 Å². The Hall–Kier alpha value is -1.76. The first kappa shape index (κ1) is 20.0. The summed E-state index contributed by atoms with van der Waals surface area (Å²) in [7, 11) is -3.29. The van der Waals surface area contributed by atoms with Gasteiger partial charge in [-0.1, -0.05) is 25.1 Å². The second-order valence-electron chi connectivity index (χ2n) is 7.76. The number of hydrogen-bond donors (Lipinski definition) is 0. The van der Waals surface area contributed by atoms with Gasteiger partial charge >= 0.3 is 0 Å². The molecule has 1 aliphatic rings. The maximum absolute atomic E-state index is 14.4. The molecule has 0 unspecified atom stereocenters. The highest BCUT2D eigenvalue weighted by Crippen LogP contribution is 2.45. The number of hydrogen-bond acceptors (Lipinski definition) is 4. The van der Waals surface area contributed by atoms with E-state index >= 15 is 0 Å².